The number of anilines is 2. The van der Waals surface area contributed by atoms with Gasteiger partial charge in [0.15, 0.2) is 5.13 Å². The molecule has 0 radical (unpaired) electrons. The van der Waals surface area contributed by atoms with Gasteiger partial charge in [-0.2, -0.15) is 0 Å². The van der Waals surface area contributed by atoms with E-state index in [1.165, 1.54) is 16.9 Å². The molecule has 1 aliphatic heterocycles. The predicted molar refractivity (Wildman–Crippen MR) is 148 cm³/mol. The van der Waals surface area contributed by atoms with Crippen LogP contribution in [0.2, 0.25) is 0 Å². The van der Waals surface area contributed by atoms with Crippen molar-refractivity contribution in [2.45, 2.75) is 12.8 Å². The number of carbonyl (C=O) groups is 2. The molecule has 8 heteroatoms. The fourth-order valence-corrected chi connectivity index (χ4v) is 5.25. The van der Waals surface area contributed by atoms with Crippen molar-refractivity contribution in [2.24, 2.45) is 0 Å². The summed E-state index contributed by atoms with van der Waals surface area (Å²) in [5, 5.41) is 10.5. The fraction of sp³-hybridized carbons (Fsp3) is 0.103. The van der Waals surface area contributed by atoms with Crippen molar-refractivity contribution < 1.29 is 14.7 Å². The summed E-state index contributed by atoms with van der Waals surface area (Å²) < 4.78 is 1.06. The van der Waals surface area contributed by atoms with Gasteiger partial charge in [-0.05, 0) is 48.2 Å². The minimum Gasteiger partial charge on any atom is -0.483 e. The first-order chi connectivity index (χ1) is 18.2. The average molecular weight is 509 g/mol. The zero-order valence-electron chi connectivity index (χ0n) is 19.9. The molecule has 0 atom stereocenters. The van der Waals surface area contributed by atoms with Crippen LogP contribution in [0.5, 0.6) is 0 Å². The minimum absolute atomic E-state index is 0.149. The van der Waals surface area contributed by atoms with Crippen LogP contribution in [0.1, 0.15) is 12.0 Å². The van der Waals surface area contributed by atoms with Crippen LogP contribution in [-0.4, -0.2) is 34.1 Å². The van der Waals surface area contributed by atoms with Gasteiger partial charge in [-0.15, -0.1) is 0 Å². The monoisotopic (exact) mass is 508 g/mol. The number of fused-ring (bicyclic) bond motifs is 2. The molecule has 2 aromatic heterocycles. The molecule has 0 saturated carbocycles. The van der Waals surface area contributed by atoms with Gasteiger partial charge in [-0.3, -0.25) is 20.0 Å². The Labute approximate surface area is 218 Å². The normalized spacial score (nSPS) is 12.3. The van der Waals surface area contributed by atoms with Crippen molar-refractivity contribution in [2.75, 3.05) is 16.8 Å². The third-order valence-corrected chi connectivity index (χ3v) is 7.08. The van der Waals surface area contributed by atoms with Crippen molar-refractivity contribution in [3.63, 3.8) is 0 Å². The second kappa shape index (κ2) is 11.0. The number of urea groups is 1. The van der Waals surface area contributed by atoms with Gasteiger partial charge in [0.05, 0.1) is 15.9 Å². The molecule has 184 valence electrons. The van der Waals surface area contributed by atoms with Gasteiger partial charge in [0.25, 0.3) is 6.47 Å². The third kappa shape index (κ3) is 5.34. The number of para-hydroxylation sites is 1. The number of carbonyl (C=O) groups excluding carboxylic acids is 1. The number of aromatic nitrogens is 2. The molecule has 0 spiro atoms. The van der Waals surface area contributed by atoms with E-state index in [-0.39, 0.29) is 12.5 Å². The number of hydrogen-bond acceptors (Lipinski definition) is 5. The molecule has 5 aromatic rings. The van der Waals surface area contributed by atoms with E-state index in [4.69, 9.17) is 14.9 Å². The highest BCUT2D eigenvalue weighted by Gasteiger charge is 2.24. The number of aryl methyl sites for hydroxylation is 1. The van der Waals surface area contributed by atoms with Gasteiger partial charge in [0, 0.05) is 29.6 Å². The standard InChI is InChI=1S/C28H22N4OS.CH2O2/c33-28(31-27-30-24-10-4-5-11-26(24)34-27)32-16-6-9-20-12-13-21(17-25(20)32)23-15-14-22(18-29-23)19-7-2-1-3-8-19;2-1-3/h1-5,7-8,10-15,17-18H,6,9,16H2,(H,30,31,33);1H,(H,2,3). The highest BCUT2D eigenvalue weighted by atomic mass is 32.1. The van der Waals surface area contributed by atoms with Gasteiger partial charge in [0.2, 0.25) is 0 Å². The molecule has 3 aromatic carbocycles. The summed E-state index contributed by atoms with van der Waals surface area (Å²) in [7, 11) is 0. The molecule has 37 heavy (non-hydrogen) atoms. The first kappa shape index (κ1) is 24.1. The largest absolute Gasteiger partial charge is 0.483 e. The number of rotatable bonds is 3. The van der Waals surface area contributed by atoms with Gasteiger partial charge >= 0.3 is 6.03 Å². The molecule has 2 N–H and O–H groups in total. The lowest BCUT2D eigenvalue weighted by atomic mass is 9.98. The van der Waals surface area contributed by atoms with Crippen LogP contribution < -0.4 is 10.2 Å². The van der Waals surface area contributed by atoms with E-state index in [9.17, 15) is 4.79 Å². The minimum atomic E-state index is -0.250. The summed E-state index contributed by atoms with van der Waals surface area (Å²) in [6.07, 6.45) is 3.80. The van der Waals surface area contributed by atoms with E-state index >= 15 is 0 Å². The fourth-order valence-electron chi connectivity index (χ4n) is 4.40. The Morgan fingerprint density at radius 1 is 0.946 bits per heavy atom. The lowest BCUT2D eigenvalue weighted by Gasteiger charge is -2.29. The molecule has 1 aliphatic rings. The Morgan fingerprint density at radius 3 is 2.46 bits per heavy atom. The summed E-state index contributed by atoms with van der Waals surface area (Å²) in [6, 6.07) is 28.4. The predicted octanol–water partition coefficient (Wildman–Crippen LogP) is 6.71. The molecule has 0 unspecified atom stereocenters. The Kier molecular flexibility index (Phi) is 7.19. The number of hydrogen-bond donors (Lipinski definition) is 2. The number of nitrogens with zero attached hydrogens (tertiary/aromatic N) is 3. The van der Waals surface area contributed by atoms with Crippen LogP contribution >= 0.6 is 11.3 Å². The quantitative estimate of drug-likeness (QED) is 0.264. The maximum atomic E-state index is 13.2. The molecule has 3 heterocycles. The second-order valence-corrected chi connectivity index (χ2v) is 9.45. The Hall–Kier alpha value is -4.56. The SMILES string of the molecule is O=C(Nc1nc2ccccc2s1)N1CCCc2ccc(-c3ccc(-c4ccccc4)cn3)cc21.O=CO. The zero-order valence-corrected chi connectivity index (χ0v) is 20.7. The summed E-state index contributed by atoms with van der Waals surface area (Å²) in [5.74, 6) is 0. The van der Waals surface area contributed by atoms with E-state index in [1.54, 1.807) is 0 Å². The van der Waals surface area contributed by atoms with E-state index in [0.29, 0.717) is 11.7 Å². The van der Waals surface area contributed by atoms with E-state index in [2.05, 4.69) is 46.7 Å². The highest BCUT2D eigenvalue weighted by Crippen LogP contribution is 2.33. The maximum absolute atomic E-state index is 13.2. The van der Waals surface area contributed by atoms with E-state index < -0.39 is 0 Å². The number of thiazole rings is 1. The molecule has 0 fully saturated rings. The molecular weight excluding hydrogens is 484 g/mol. The number of amides is 2. The van der Waals surface area contributed by atoms with E-state index in [1.807, 2.05) is 59.6 Å². The van der Waals surface area contributed by atoms with Crippen molar-refractivity contribution >= 4 is 44.9 Å². The average Bonchev–Trinajstić information content (AvgIpc) is 3.36. The van der Waals surface area contributed by atoms with Crippen LogP contribution in [0.25, 0.3) is 32.6 Å². The molecule has 6 rings (SSSR count). The van der Waals surface area contributed by atoms with Crippen LogP contribution in [0.3, 0.4) is 0 Å². The highest BCUT2D eigenvalue weighted by molar-refractivity contribution is 7.22. The summed E-state index contributed by atoms with van der Waals surface area (Å²) >= 11 is 1.49. The Balaban J connectivity index is 0.000000892. The van der Waals surface area contributed by atoms with Crippen molar-refractivity contribution in [1.82, 2.24) is 9.97 Å². The van der Waals surface area contributed by atoms with Gasteiger partial charge in [0.1, 0.15) is 0 Å². The first-order valence-corrected chi connectivity index (χ1v) is 12.6. The Bertz CT molecular complexity index is 1500. The number of pyridine rings is 1. The molecule has 0 aliphatic carbocycles. The van der Waals surface area contributed by atoms with E-state index in [0.717, 1.165) is 51.1 Å². The topological polar surface area (TPSA) is 95.4 Å². The van der Waals surface area contributed by atoms with Crippen molar-refractivity contribution in [1.29, 1.82) is 0 Å². The van der Waals surface area contributed by atoms with Gasteiger partial charge in [-0.1, -0.05) is 72.0 Å². The number of benzene rings is 3. The molecule has 0 bridgehead atoms. The summed E-state index contributed by atoms with van der Waals surface area (Å²) in [6.45, 7) is 0.424. The molecular formula is C29H24N4O3S. The number of nitrogens with one attached hydrogen (secondary N) is 1. The van der Waals surface area contributed by atoms with Crippen LogP contribution in [0, 0.1) is 0 Å². The third-order valence-electron chi connectivity index (χ3n) is 6.12. The van der Waals surface area contributed by atoms with Crippen LogP contribution in [0.4, 0.5) is 15.6 Å². The van der Waals surface area contributed by atoms with Crippen LogP contribution in [0.15, 0.2) is 91.1 Å². The Morgan fingerprint density at radius 2 is 1.70 bits per heavy atom. The summed E-state index contributed by atoms with van der Waals surface area (Å²) in [5.41, 5.74) is 7.13. The lowest BCUT2D eigenvalue weighted by Crippen LogP contribution is -2.38. The maximum Gasteiger partial charge on any atom is 0.328 e. The second-order valence-electron chi connectivity index (χ2n) is 8.42. The number of carboxylic acid groups (broad SMARTS) is 1. The molecule has 0 saturated heterocycles. The van der Waals surface area contributed by atoms with Crippen molar-refractivity contribution in [3.8, 4) is 22.4 Å². The molecule has 2 amide bonds. The van der Waals surface area contributed by atoms with Crippen LogP contribution in [-0.2, 0) is 11.2 Å². The first-order valence-electron chi connectivity index (χ1n) is 11.8. The van der Waals surface area contributed by atoms with Gasteiger partial charge < -0.3 is 5.11 Å². The molecule has 7 nitrogen and oxygen atoms in total. The smallest absolute Gasteiger partial charge is 0.328 e. The zero-order chi connectivity index (χ0) is 25.6. The summed E-state index contributed by atoms with van der Waals surface area (Å²) in [4.78, 5) is 32.7. The van der Waals surface area contributed by atoms with Crippen molar-refractivity contribution in [3.05, 3.63) is 96.7 Å². The lowest BCUT2D eigenvalue weighted by molar-refractivity contribution is -0.122. The van der Waals surface area contributed by atoms with Gasteiger partial charge in [-0.25, -0.2) is 9.78 Å².